The summed E-state index contributed by atoms with van der Waals surface area (Å²) in [5, 5.41) is 14.9. The molecule has 0 aliphatic rings. The molecule has 0 aromatic heterocycles. The molecule has 82 valence electrons. The predicted molar refractivity (Wildman–Crippen MR) is 44.4 cm³/mol. The maximum absolute atomic E-state index is 12.9. The minimum Gasteiger partial charge on any atom is -0.258 e. The van der Waals surface area contributed by atoms with Crippen molar-refractivity contribution in [2.45, 2.75) is 4.90 Å². The topological polar surface area (TPSA) is 103 Å². The minimum atomic E-state index is -4.55. The third-order valence-corrected chi connectivity index (χ3v) is 2.41. The molecule has 1 aromatic rings. The lowest BCUT2D eigenvalue weighted by Gasteiger charge is -2.01. The number of nitro groups is 1. The van der Waals surface area contributed by atoms with E-state index >= 15 is 0 Å². The molecular formula is C6H4F2N2O4S. The molecule has 15 heavy (non-hydrogen) atoms. The standard InChI is InChI=1S/C6H4F2N2O4S/c7-3-1-4(8)6(10(11)12)5(2-3)15(9,13)14/h1-2H,(H2,9,13,14). The molecule has 1 aromatic carbocycles. The van der Waals surface area contributed by atoms with Crippen LogP contribution < -0.4 is 5.14 Å². The van der Waals surface area contributed by atoms with E-state index < -0.39 is 37.2 Å². The van der Waals surface area contributed by atoms with Gasteiger partial charge in [0.2, 0.25) is 15.8 Å². The van der Waals surface area contributed by atoms with E-state index in [2.05, 4.69) is 5.14 Å². The Kier molecular flexibility index (Phi) is 2.69. The zero-order chi connectivity index (χ0) is 11.8. The van der Waals surface area contributed by atoms with Gasteiger partial charge in [-0.2, -0.15) is 4.39 Å². The number of rotatable bonds is 2. The van der Waals surface area contributed by atoms with Gasteiger partial charge in [0.15, 0.2) is 4.90 Å². The first-order valence-corrected chi connectivity index (χ1v) is 4.94. The normalized spacial score (nSPS) is 11.4. The Bertz CT molecular complexity index is 528. The number of halogens is 2. The van der Waals surface area contributed by atoms with Crippen molar-refractivity contribution in [3.8, 4) is 0 Å². The summed E-state index contributed by atoms with van der Waals surface area (Å²) in [4.78, 5) is 7.85. The quantitative estimate of drug-likeness (QED) is 0.599. The summed E-state index contributed by atoms with van der Waals surface area (Å²) in [7, 11) is -4.55. The van der Waals surface area contributed by atoms with Crippen LogP contribution in [0.1, 0.15) is 0 Å². The first-order chi connectivity index (χ1) is 6.73. The molecule has 0 saturated carbocycles. The van der Waals surface area contributed by atoms with Gasteiger partial charge in [0, 0.05) is 12.1 Å². The fraction of sp³-hybridized carbons (Fsp3) is 0. The smallest absolute Gasteiger partial charge is 0.258 e. The van der Waals surface area contributed by atoms with E-state index in [4.69, 9.17) is 0 Å². The molecule has 0 radical (unpaired) electrons. The maximum Gasteiger partial charge on any atom is 0.324 e. The number of benzene rings is 1. The SMILES string of the molecule is NS(=O)(=O)c1cc(F)cc(F)c1[N+](=O)[O-]. The fourth-order valence-corrected chi connectivity index (χ4v) is 1.65. The zero-order valence-electron chi connectivity index (χ0n) is 6.98. The van der Waals surface area contributed by atoms with Crippen LogP contribution in [0.25, 0.3) is 0 Å². The van der Waals surface area contributed by atoms with Crippen molar-refractivity contribution in [2.75, 3.05) is 0 Å². The highest BCUT2D eigenvalue weighted by Gasteiger charge is 2.28. The van der Waals surface area contributed by atoms with E-state index in [1.165, 1.54) is 0 Å². The molecule has 9 heteroatoms. The molecule has 0 atom stereocenters. The van der Waals surface area contributed by atoms with E-state index in [-0.39, 0.29) is 12.1 Å². The molecule has 2 N–H and O–H groups in total. The highest BCUT2D eigenvalue weighted by Crippen LogP contribution is 2.26. The first-order valence-electron chi connectivity index (χ1n) is 3.39. The second-order valence-electron chi connectivity index (χ2n) is 2.54. The largest absolute Gasteiger partial charge is 0.324 e. The van der Waals surface area contributed by atoms with Gasteiger partial charge >= 0.3 is 5.69 Å². The summed E-state index contributed by atoms with van der Waals surface area (Å²) >= 11 is 0. The van der Waals surface area contributed by atoms with Crippen molar-refractivity contribution in [1.29, 1.82) is 0 Å². The van der Waals surface area contributed by atoms with Gasteiger partial charge in [0.1, 0.15) is 5.82 Å². The molecule has 0 unspecified atom stereocenters. The number of nitro benzene ring substituents is 1. The Morgan fingerprint density at radius 2 is 1.87 bits per heavy atom. The predicted octanol–water partition coefficient (Wildman–Crippen LogP) is 0.520. The van der Waals surface area contributed by atoms with Gasteiger partial charge in [-0.25, -0.2) is 17.9 Å². The molecule has 0 fully saturated rings. The van der Waals surface area contributed by atoms with Crippen LogP contribution in [0.15, 0.2) is 17.0 Å². The van der Waals surface area contributed by atoms with Gasteiger partial charge in [-0.1, -0.05) is 0 Å². The number of hydrogen-bond donors (Lipinski definition) is 1. The van der Waals surface area contributed by atoms with Crippen molar-refractivity contribution < 1.29 is 22.1 Å². The molecular weight excluding hydrogens is 234 g/mol. The Morgan fingerprint density at radius 1 is 1.33 bits per heavy atom. The lowest BCUT2D eigenvalue weighted by Crippen LogP contribution is -2.15. The first kappa shape index (κ1) is 11.5. The summed E-state index contributed by atoms with van der Waals surface area (Å²) < 4.78 is 47.1. The van der Waals surface area contributed by atoms with Crippen LogP contribution in [-0.2, 0) is 10.0 Å². The van der Waals surface area contributed by atoms with Gasteiger partial charge in [-0.15, -0.1) is 0 Å². The van der Waals surface area contributed by atoms with Crippen LogP contribution in [0.3, 0.4) is 0 Å². The lowest BCUT2D eigenvalue weighted by atomic mass is 10.3. The van der Waals surface area contributed by atoms with Gasteiger partial charge in [0.25, 0.3) is 0 Å². The highest BCUT2D eigenvalue weighted by molar-refractivity contribution is 7.89. The van der Waals surface area contributed by atoms with Crippen LogP contribution in [0.5, 0.6) is 0 Å². The molecule has 1 rings (SSSR count). The average molecular weight is 238 g/mol. The van der Waals surface area contributed by atoms with Crippen LogP contribution in [0, 0.1) is 21.7 Å². The molecule has 0 aliphatic heterocycles. The monoisotopic (exact) mass is 238 g/mol. The van der Waals surface area contributed by atoms with Crippen molar-refractivity contribution in [1.82, 2.24) is 0 Å². The average Bonchev–Trinajstić information content (AvgIpc) is 1.99. The van der Waals surface area contributed by atoms with Gasteiger partial charge in [0.05, 0.1) is 4.92 Å². The summed E-state index contributed by atoms with van der Waals surface area (Å²) in [6.45, 7) is 0. The molecule has 0 amide bonds. The van der Waals surface area contributed by atoms with E-state index in [0.29, 0.717) is 0 Å². The van der Waals surface area contributed by atoms with Gasteiger partial charge in [-0.05, 0) is 0 Å². The lowest BCUT2D eigenvalue weighted by molar-refractivity contribution is -0.390. The Morgan fingerprint density at radius 3 is 2.27 bits per heavy atom. The number of nitrogens with two attached hydrogens (primary N) is 1. The number of nitrogens with zero attached hydrogens (tertiary/aromatic N) is 1. The van der Waals surface area contributed by atoms with Gasteiger partial charge in [-0.3, -0.25) is 10.1 Å². The van der Waals surface area contributed by atoms with Crippen LogP contribution in [0.2, 0.25) is 0 Å². The van der Waals surface area contributed by atoms with E-state index in [9.17, 15) is 27.3 Å². The summed E-state index contributed by atoms with van der Waals surface area (Å²) in [5.41, 5.74) is -1.36. The Hall–Kier alpha value is -1.61. The minimum absolute atomic E-state index is 0.201. The molecule has 0 heterocycles. The summed E-state index contributed by atoms with van der Waals surface area (Å²) in [6, 6.07) is 0.489. The molecule has 0 saturated heterocycles. The second-order valence-corrected chi connectivity index (χ2v) is 4.07. The molecule has 0 bridgehead atoms. The zero-order valence-corrected chi connectivity index (χ0v) is 7.79. The third kappa shape index (κ3) is 2.25. The van der Waals surface area contributed by atoms with Crippen molar-refractivity contribution in [3.63, 3.8) is 0 Å². The van der Waals surface area contributed by atoms with E-state index in [1.54, 1.807) is 0 Å². The van der Waals surface area contributed by atoms with Crippen LogP contribution in [0.4, 0.5) is 14.5 Å². The third-order valence-electron chi connectivity index (χ3n) is 1.48. The number of primary sulfonamides is 1. The van der Waals surface area contributed by atoms with E-state index in [1.807, 2.05) is 0 Å². The molecule has 6 nitrogen and oxygen atoms in total. The second kappa shape index (κ2) is 3.51. The van der Waals surface area contributed by atoms with Crippen molar-refractivity contribution >= 4 is 15.7 Å². The van der Waals surface area contributed by atoms with Crippen LogP contribution in [-0.4, -0.2) is 13.3 Å². The Labute approximate surface area is 82.5 Å². The van der Waals surface area contributed by atoms with Gasteiger partial charge < -0.3 is 0 Å². The summed E-state index contributed by atoms with van der Waals surface area (Å²) in [6.07, 6.45) is 0. The Balaban J connectivity index is 3.70. The van der Waals surface area contributed by atoms with Crippen LogP contribution >= 0.6 is 0 Å². The fourth-order valence-electron chi connectivity index (χ4n) is 0.936. The molecule has 0 aliphatic carbocycles. The molecule has 0 spiro atoms. The van der Waals surface area contributed by atoms with E-state index in [0.717, 1.165) is 0 Å². The van der Waals surface area contributed by atoms with Crippen molar-refractivity contribution in [2.24, 2.45) is 5.14 Å². The number of sulfonamides is 1. The van der Waals surface area contributed by atoms with Crippen molar-refractivity contribution in [3.05, 3.63) is 33.9 Å². The number of hydrogen-bond acceptors (Lipinski definition) is 4. The highest BCUT2D eigenvalue weighted by atomic mass is 32.2. The summed E-state index contributed by atoms with van der Waals surface area (Å²) in [5.74, 6) is -2.86. The maximum atomic E-state index is 12.9.